The zero-order valence-corrected chi connectivity index (χ0v) is 26.0. The van der Waals surface area contributed by atoms with E-state index in [-0.39, 0.29) is 0 Å². The number of ether oxygens (including phenoxy) is 11. The number of hydrogen-bond acceptors (Lipinski definition) is 18. The van der Waals surface area contributed by atoms with E-state index < -0.39 is 116 Å². The molecule has 0 aromatic rings. The summed E-state index contributed by atoms with van der Waals surface area (Å²) in [5.41, 5.74) is 0. The van der Waals surface area contributed by atoms with Gasteiger partial charge in [-0.25, -0.2) is 0 Å². The summed E-state index contributed by atoms with van der Waals surface area (Å²) in [5, 5.41) is 0. The molecule has 0 aliphatic carbocycles. The van der Waals surface area contributed by atoms with Crippen LogP contribution in [0.2, 0.25) is 0 Å². The van der Waals surface area contributed by atoms with Gasteiger partial charge >= 0.3 is 41.8 Å². The molecule has 0 saturated carbocycles. The number of carbonyl (C=O) groups excluding carboxylic acids is 7. The lowest BCUT2D eigenvalue weighted by Crippen LogP contribution is -2.67. The maximum Gasteiger partial charge on any atom is 0.303 e. The van der Waals surface area contributed by atoms with Gasteiger partial charge in [-0.2, -0.15) is 0 Å². The third-order valence-corrected chi connectivity index (χ3v) is 6.12. The van der Waals surface area contributed by atoms with Gasteiger partial charge in [0.05, 0.1) is 0 Å². The molecular weight excluding hydrogens is 612 g/mol. The first-order chi connectivity index (χ1) is 21.0. The summed E-state index contributed by atoms with van der Waals surface area (Å²) in [5.74, 6) is -5.71. The number of esters is 7. The van der Waals surface area contributed by atoms with Gasteiger partial charge in [0.2, 0.25) is 0 Å². The Bertz CT molecular complexity index is 1110. The highest BCUT2D eigenvalue weighted by Gasteiger charge is 2.57. The van der Waals surface area contributed by atoms with E-state index in [0.29, 0.717) is 0 Å². The second kappa shape index (κ2) is 17.0. The van der Waals surface area contributed by atoms with Gasteiger partial charge in [-0.3, -0.25) is 33.6 Å². The van der Waals surface area contributed by atoms with E-state index in [1.54, 1.807) is 0 Å². The summed E-state index contributed by atoms with van der Waals surface area (Å²) in [6.07, 6.45) is -14.9. The van der Waals surface area contributed by atoms with Crippen molar-refractivity contribution in [3.63, 3.8) is 0 Å². The van der Waals surface area contributed by atoms with E-state index in [0.717, 1.165) is 48.5 Å². The van der Waals surface area contributed by atoms with Crippen molar-refractivity contribution in [1.29, 1.82) is 0 Å². The minimum Gasteiger partial charge on any atom is -0.463 e. The van der Waals surface area contributed by atoms with Gasteiger partial charge in [0, 0.05) is 55.6 Å². The first-order valence-electron chi connectivity index (χ1n) is 13.7. The standard InChI is InChI=1S/C27H38O18/c1-11(28)36-9-18-20(38-13(3)30)22(40-15(5)32)24(26(35-8)43-18)45-27-25(42-17(7)34)23(41-16(6)33)21(39-14(4)31)19(44-27)10-37-12(2)29/h18-27H,9-10H2,1-8H3/t18?,19?,20-,21-,22+,23+,24-,25-,26?,27+/m1/s1. The van der Waals surface area contributed by atoms with Gasteiger partial charge in [0.1, 0.15) is 25.4 Å². The summed E-state index contributed by atoms with van der Waals surface area (Å²) < 4.78 is 60.6. The molecule has 0 radical (unpaired) electrons. The van der Waals surface area contributed by atoms with E-state index in [4.69, 9.17) is 52.1 Å². The van der Waals surface area contributed by atoms with E-state index in [9.17, 15) is 33.6 Å². The van der Waals surface area contributed by atoms with Gasteiger partial charge in [-0.15, -0.1) is 0 Å². The summed E-state index contributed by atoms with van der Waals surface area (Å²) >= 11 is 0. The van der Waals surface area contributed by atoms with E-state index >= 15 is 0 Å². The fourth-order valence-corrected chi connectivity index (χ4v) is 4.66. The van der Waals surface area contributed by atoms with Crippen LogP contribution < -0.4 is 0 Å². The zero-order chi connectivity index (χ0) is 34.0. The third kappa shape index (κ3) is 11.2. The van der Waals surface area contributed by atoms with Crippen molar-refractivity contribution in [2.24, 2.45) is 0 Å². The molecule has 18 nitrogen and oxygen atoms in total. The van der Waals surface area contributed by atoms with Crippen LogP contribution in [0, 0.1) is 0 Å². The molecule has 0 N–H and O–H groups in total. The first kappa shape index (κ1) is 37.3. The van der Waals surface area contributed by atoms with Crippen molar-refractivity contribution < 1.29 is 85.7 Å². The van der Waals surface area contributed by atoms with Crippen LogP contribution in [0.3, 0.4) is 0 Å². The molecule has 2 saturated heterocycles. The number of methoxy groups -OCH3 is 1. The molecule has 2 heterocycles. The Morgan fingerprint density at radius 2 is 0.778 bits per heavy atom. The number of rotatable bonds is 12. The van der Waals surface area contributed by atoms with Gasteiger partial charge in [0.25, 0.3) is 0 Å². The Hall–Kier alpha value is -3.87. The normalized spacial score (nSPS) is 31.0. The maximum absolute atomic E-state index is 12.2. The van der Waals surface area contributed by atoms with Crippen LogP contribution in [0.4, 0.5) is 0 Å². The van der Waals surface area contributed by atoms with Crippen LogP contribution in [0.5, 0.6) is 0 Å². The molecule has 18 heteroatoms. The van der Waals surface area contributed by atoms with Gasteiger partial charge < -0.3 is 52.1 Å². The Labute approximate surface area is 258 Å². The quantitative estimate of drug-likeness (QED) is 0.187. The highest BCUT2D eigenvalue weighted by molar-refractivity contribution is 5.69. The average molecular weight is 651 g/mol. The molecule has 10 atom stereocenters. The molecule has 0 bridgehead atoms. The maximum atomic E-state index is 12.2. The lowest BCUT2D eigenvalue weighted by molar-refractivity contribution is -0.366. The topological polar surface area (TPSA) is 221 Å². The number of carbonyl (C=O) groups is 7. The van der Waals surface area contributed by atoms with Gasteiger partial charge in [-0.05, 0) is 0 Å². The molecule has 254 valence electrons. The monoisotopic (exact) mass is 650 g/mol. The van der Waals surface area contributed by atoms with E-state index in [2.05, 4.69) is 0 Å². The molecule has 2 fully saturated rings. The molecule has 2 aliphatic heterocycles. The average Bonchev–Trinajstić information content (AvgIpc) is 2.90. The summed E-state index contributed by atoms with van der Waals surface area (Å²) in [6, 6.07) is 0. The first-order valence-corrected chi connectivity index (χ1v) is 13.7. The molecule has 0 aromatic carbocycles. The van der Waals surface area contributed by atoms with Crippen LogP contribution in [0.25, 0.3) is 0 Å². The molecule has 45 heavy (non-hydrogen) atoms. The number of hydrogen-bond donors (Lipinski definition) is 0. The van der Waals surface area contributed by atoms with E-state index in [1.807, 2.05) is 0 Å². The van der Waals surface area contributed by atoms with Crippen LogP contribution in [-0.4, -0.2) is 124 Å². The fourth-order valence-electron chi connectivity index (χ4n) is 4.66. The van der Waals surface area contributed by atoms with Crippen LogP contribution >= 0.6 is 0 Å². The van der Waals surface area contributed by atoms with Crippen molar-refractivity contribution in [3.8, 4) is 0 Å². The summed E-state index contributed by atoms with van der Waals surface area (Å²) in [6.45, 7) is 6.53. The minimum atomic E-state index is -1.74. The Morgan fingerprint density at radius 1 is 0.444 bits per heavy atom. The molecule has 3 unspecified atom stereocenters. The predicted octanol–water partition coefficient (Wildman–Crippen LogP) is -0.747. The minimum absolute atomic E-state index is 0.448. The highest BCUT2D eigenvalue weighted by atomic mass is 16.8. The largest absolute Gasteiger partial charge is 0.463 e. The second-order valence-electron chi connectivity index (χ2n) is 9.90. The Kier molecular flexibility index (Phi) is 14.1. The molecule has 0 aromatic heterocycles. The Balaban J connectivity index is 2.64. The molecular formula is C27H38O18. The van der Waals surface area contributed by atoms with Gasteiger partial charge in [-0.1, -0.05) is 0 Å². The molecule has 2 aliphatic rings. The molecule has 2 rings (SSSR count). The summed E-state index contributed by atoms with van der Waals surface area (Å²) in [4.78, 5) is 83.8. The zero-order valence-electron chi connectivity index (χ0n) is 26.0. The fraction of sp³-hybridized carbons (Fsp3) is 0.741. The van der Waals surface area contributed by atoms with Crippen molar-refractivity contribution in [2.45, 2.75) is 110 Å². The van der Waals surface area contributed by atoms with Crippen LogP contribution in [0.1, 0.15) is 48.5 Å². The highest BCUT2D eigenvalue weighted by Crippen LogP contribution is 2.35. The SMILES string of the molecule is COC1OC(COC(C)=O)[C@@H](OC(C)=O)[C@H](OC(C)=O)[C@H]1O[C@@H]1OC(COC(C)=O)[C@@H](OC(C)=O)[C@H](OC(C)=O)[C@H]1OC(C)=O. The summed E-state index contributed by atoms with van der Waals surface area (Å²) in [7, 11) is 1.20. The Morgan fingerprint density at radius 3 is 1.13 bits per heavy atom. The lowest BCUT2D eigenvalue weighted by atomic mass is 9.96. The van der Waals surface area contributed by atoms with Gasteiger partial charge in [0.15, 0.2) is 49.2 Å². The second-order valence-corrected chi connectivity index (χ2v) is 9.90. The third-order valence-electron chi connectivity index (χ3n) is 6.12. The predicted molar refractivity (Wildman–Crippen MR) is 140 cm³/mol. The lowest BCUT2D eigenvalue weighted by Gasteiger charge is -2.48. The van der Waals surface area contributed by atoms with Crippen molar-refractivity contribution in [1.82, 2.24) is 0 Å². The smallest absolute Gasteiger partial charge is 0.303 e. The van der Waals surface area contributed by atoms with Crippen LogP contribution in [-0.2, 0) is 85.7 Å². The van der Waals surface area contributed by atoms with Crippen molar-refractivity contribution in [3.05, 3.63) is 0 Å². The molecule has 0 spiro atoms. The van der Waals surface area contributed by atoms with Crippen LogP contribution in [0.15, 0.2) is 0 Å². The van der Waals surface area contributed by atoms with E-state index in [1.165, 1.54) is 7.11 Å². The van der Waals surface area contributed by atoms with Crippen molar-refractivity contribution >= 4 is 41.8 Å². The van der Waals surface area contributed by atoms with Crippen molar-refractivity contribution in [2.75, 3.05) is 20.3 Å². The molecule has 0 amide bonds.